The lowest BCUT2D eigenvalue weighted by Gasteiger charge is -2.10. The summed E-state index contributed by atoms with van der Waals surface area (Å²) in [6, 6.07) is 11.8. The Morgan fingerprint density at radius 3 is 2.75 bits per heavy atom. The summed E-state index contributed by atoms with van der Waals surface area (Å²) in [5.41, 5.74) is 3.36. The highest BCUT2D eigenvalue weighted by Crippen LogP contribution is 2.26. The van der Waals surface area contributed by atoms with Crippen LogP contribution < -0.4 is 10.2 Å². The summed E-state index contributed by atoms with van der Waals surface area (Å²) in [4.78, 5) is 11.9. The number of aromatic hydroxyl groups is 1. The average Bonchev–Trinajstić information content (AvgIpc) is 2.54. The van der Waals surface area contributed by atoms with Crippen molar-refractivity contribution in [3.8, 4) is 11.5 Å². The molecule has 0 heterocycles. The van der Waals surface area contributed by atoms with Gasteiger partial charge in [0.05, 0.1) is 22.9 Å². The fourth-order valence-electron chi connectivity index (χ4n) is 1.86. The van der Waals surface area contributed by atoms with E-state index in [1.807, 2.05) is 18.2 Å². The molecule has 2 N–H and O–H groups in total. The maximum atomic E-state index is 11.9. The number of amides is 1. The number of nitrogens with zero attached hydrogens (tertiary/aromatic N) is 1. The minimum atomic E-state index is -0.472. The minimum Gasteiger partial charge on any atom is -0.507 e. The van der Waals surface area contributed by atoms with Crippen molar-refractivity contribution in [1.82, 2.24) is 5.43 Å². The SMILES string of the molecule is CC(C)COc1ccc(/C=N/NC(=O)c2ccccc2O)cc1Br. The Kier molecular flexibility index (Phi) is 6.37. The molecule has 2 aromatic carbocycles. The number of benzene rings is 2. The number of nitrogens with one attached hydrogen (secondary N) is 1. The largest absolute Gasteiger partial charge is 0.507 e. The normalized spacial score (nSPS) is 11.0. The highest BCUT2D eigenvalue weighted by molar-refractivity contribution is 9.10. The number of hydrogen-bond acceptors (Lipinski definition) is 4. The standard InChI is InChI=1S/C18H19BrN2O3/c1-12(2)11-24-17-8-7-13(9-15(17)19)10-20-21-18(23)14-5-3-4-6-16(14)22/h3-10,12,22H,11H2,1-2H3,(H,21,23)/b20-10+. The summed E-state index contributed by atoms with van der Waals surface area (Å²) < 4.78 is 6.50. The van der Waals surface area contributed by atoms with Gasteiger partial charge in [-0.15, -0.1) is 0 Å². The second kappa shape index (κ2) is 8.49. The fraction of sp³-hybridized carbons (Fsp3) is 0.222. The first kappa shape index (κ1) is 18.0. The molecule has 0 radical (unpaired) electrons. The highest BCUT2D eigenvalue weighted by atomic mass is 79.9. The van der Waals surface area contributed by atoms with Gasteiger partial charge in [0.2, 0.25) is 0 Å². The van der Waals surface area contributed by atoms with Crippen molar-refractivity contribution in [2.24, 2.45) is 11.0 Å². The maximum Gasteiger partial charge on any atom is 0.275 e. The van der Waals surface area contributed by atoms with Gasteiger partial charge in [0.15, 0.2) is 0 Å². The number of phenolic OH excluding ortho intramolecular Hbond substituents is 1. The van der Waals surface area contributed by atoms with Crippen molar-refractivity contribution < 1.29 is 14.6 Å². The molecule has 126 valence electrons. The molecule has 24 heavy (non-hydrogen) atoms. The Morgan fingerprint density at radius 2 is 2.08 bits per heavy atom. The summed E-state index contributed by atoms with van der Waals surface area (Å²) in [5, 5.41) is 13.5. The van der Waals surface area contributed by atoms with E-state index in [4.69, 9.17) is 4.74 Å². The summed E-state index contributed by atoms with van der Waals surface area (Å²) >= 11 is 3.46. The molecule has 0 saturated heterocycles. The van der Waals surface area contributed by atoms with Crippen LogP contribution in [0.1, 0.15) is 29.8 Å². The molecule has 0 bridgehead atoms. The van der Waals surface area contributed by atoms with Crippen LogP contribution in [-0.2, 0) is 0 Å². The number of carbonyl (C=O) groups is 1. The van der Waals surface area contributed by atoms with Gasteiger partial charge in [0.1, 0.15) is 11.5 Å². The van der Waals surface area contributed by atoms with Crippen molar-refractivity contribution >= 4 is 28.1 Å². The molecule has 1 amide bonds. The van der Waals surface area contributed by atoms with Crippen LogP contribution in [0.2, 0.25) is 0 Å². The van der Waals surface area contributed by atoms with Crippen molar-refractivity contribution in [3.63, 3.8) is 0 Å². The molecular formula is C18H19BrN2O3. The van der Waals surface area contributed by atoms with Gasteiger partial charge in [-0.25, -0.2) is 5.43 Å². The van der Waals surface area contributed by atoms with Gasteiger partial charge >= 0.3 is 0 Å². The van der Waals surface area contributed by atoms with E-state index >= 15 is 0 Å². The van der Waals surface area contributed by atoms with Crippen LogP contribution in [-0.4, -0.2) is 23.8 Å². The Bertz CT molecular complexity index is 745. The number of hydrazone groups is 1. The molecule has 0 aromatic heterocycles. The first-order valence-corrected chi connectivity index (χ1v) is 8.30. The van der Waals surface area contributed by atoms with Crippen molar-refractivity contribution in [3.05, 3.63) is 58.1 Å². The van der Waals surface area contributed by atoms with Crippen LogP contribution in [0.3, 0.4) is 0 Å². The number of phenols is 1. The quantitative estimate of drug-likeness (QED) is 0.579. The third-order valence-corrected chi connectivity index (χ3v) is 3.68. The van der Waals surface area contributed by atoms with E-state index in [1.165, 1.54) is 18.3 Å². The van der Waals surface area contributed by atoms with Gasteiger partial charge in [-0.1, -0.05) is 26.0 Å². The summed E-state index contributed by atoms with van der Waals surface area (Å²) in [7, 11) is 0. The fourth-order valence-corrected chi connectivity index (χ4v) is 2.37. The average molecular weight is 391 g/mol. The monoisotopic (exact) mass is 390 g/mol. The van der Waals surface area contributed by atoms with Gasteiger partial charge in [-0.2, -0.15) is 5.10 Å². The lowest BCUT2D eigenvalue weighted by molar-refractivity contribution is 0.0952. The van der Waals surface area contributed by atoms with Gasteiger partial charge in [-0.3, -0.25) is 4.79 Å². The number of carbonyl (C=O) groups excluding carboxylic acids is 1. The molecule has 0 fully saturated rings. The van der Waals surface area contributed by atoms with Crippen LogP contribution in [0.5, 0.6) is 11.5 Å². The Balaban J connectivity index is 1.98. The van der Waals surface area contributed by atoms with E-state index in [0.29, 0.717) is 12.5 Å². The Labute approximate surface area is 149 Å². The Hall–Kier alpha value is -2.34. The smallest absolute Gasteiger partial charge is 0.275 e. The minimum absolute atomic E-state index is 0.0837. The molecule has 0 aliphatic carbocycles. The number of ether oxygens (including phenoxy) is 1. The summed E-state index contributed by atoms with van der Waals surface area (Å²) in [6.45, 7) is 4.81. The molecule has 0 aliphatic heterocycles. The zero-order chi connectivity index (χ0) is 17.5. The second-order valence-corrected chi connectivity index (χ2v) is 6.47. The predicted molar refractivity (Wildman–Crippen MR) is 97.6 cm³/mol. The van der Waals surface area contributed by atoms with Crippen LogP contribution in [0.15, 0.2) is 52.0 Å². The molecule has 0 saturated carbocycles. The number of para-hydroxylation sites is 1. The van der Waals surface area contributed by atoms with E-state index in [9.17, 15) is 9.90 Å². The van der Waals surface area contributed by atoms with Crippen LogP contribution in [0.25, 0.3) is 0 Å². The molecule has 2 aromatic rings. The van der Waals surface area contributed by atoms with Gasteiger partial charge in [0, 0.05) is 0 Å². The molecule has 0 spiro atoms. The van der Waals surface area contributed by atoms with E-state index in [0.717, 1.165) is 15.8 Å². The third kappa shape index (κ3) is 5.09. The zero-order valence-corrected chi connectivity index (χ0v) is 15.1. The zero-order valence-electron chi connectivity index (χ0n) is 13.5. The summed E-state index contributed by atoms with van der Waals surface area (Å²) in [5.74, 6) is 0.654. The number of rotatable bonds is 6. The molecule has 5 nitrogen and oxygen atoms in total. The van der Waals surface area contributed by atoms with E-state index in [-0.39, 0.29) is 11.3 Å². The van der Waals surface area contributed by atoms with Crippen LogP contribution in [0, 0.1) is 5.92 Å². The first-order chi connectivity index (χ1) is 11.5. The van der Waals surface area contributed by atoms with Gasteiger partial charge < -0.3 is 9.84 Å². The molecule has 0 aliphatic rings. The highest BCUT2D eigenvalue weighted by Gasteiger charge is 2.08. The van der Waals surface area contributed by atoms with Crippen molar-refractivity contribution in [2.75, 3.05) is 6.61 Å². The Morgan fingerprint density at radius 1 is 1.33 bits per heavy atom. The summed E-state index contributed by atoms with van der Waals surface area (Å²) in [6.07, 6.45) is 1.52. The lowest BCUT2D eigenvalue weighted by atomic mass is 10.2. The van der Waals surface area contributed by atoms with Crippen molar-refractivity contribution in [1.29, 1.82) is 0 Å². The van der Waals surface area contributed by atoms with E-state index in [2.05, 4.69) is 40.3 Å². The van der Waals surface area contributed by atoms with Gasteiger partial charge in [-0.05, 0) is 57.7 Å². The molecule has 2 rings (SSSR count). The van der Waals surface area contributed by atoms with Crippen LogP contribution >= 0.6 is 15.9 Å². The maximum absolute atomic E-state index is 11.9. The first-order valence-electron chi connectivity index (χ1n) is 7.51. The topological polar surface area (TPSA) is 70.9 Å². The number of halogens is 1. The molecule has 6 heteroatoms. The molecule has 0 unspecified atom stereocenters. The molecule has 0 atom stereocenters. The number of hydrogen-bond donors (Lipinski definition) is 2. The lowest BCUT2D eigenvalue weighted by Crippen LogP contribution is -2.17. The van der Waals surface area contributed by atoms with Crippen molar-refractivity contribution in [2.45, 2.75) is 13.8 Å². The third-order valence-electron chi connectivity index (χ3n) is 3.06. The van der Waals surface area contributed by atoms with E-state index in [1.54, 1.807) is 12.1 Å². The van der Waals surface area contributed by atoms with E-state index < -0.39 is 5.91 Å². The molecular weight excluding hydrogens is 372 g/mol. The second-order valence-electron chi connectivity index (χ2n) is 5.61. The predicted octanol–water partition coefficient (Wildman–Crippen LogP) is 3.95. The van der Waals surface area contributed by atoms with Crippen LogP contribution in [0.4, 0.5) is 0 Å². The van der Waals surface area contributed by atoms with Gasteiger partial charge in [0.25, 0.3) is 5.91 Å².